The molecule has 0 aliphatic heterocycles. The summed E-state index contributed by atoms with van der Waals surface area (Å²) in [6, 6.07) is 8.27. The second-order valence-electron chi connectivity index (χ2n) is 5.64. The number of benzene rings is 1. The fourth-order valence-electron chi connectivity index (χ4n) is 2.57. The van der Waals surface area contributed by atoms with Crippen molar-refractivity contribution in [2.24, 2.45) is 0 Å². The van der Waals surface area contributed by atoms with Crippen molar-refractivity contribution in [1.29, 1.82) is 0 Å². The van der Waals surface area contributed by atoms with Crippen LogP contribution in [-0.4, -0.2) is 27.3 Å². The second kappa shape index (κ2) is 8.25. The Morgan fingerprint density at radius 2 is 2.04 bits per heavy atom. The van der Waals surface area contributed by atoms with E-state index in [1.54, 1.807) is 34.2 Å². The Bertz CT molecular complexity index is 942. The van der Waals surface area contributed by atoms with Gasteiger partial charge in [0.25, 0.3) is 5.56 Å². The van der Waals surface area contributed by atoms with Crippen LogP contribution in [0.1, 0.15) is 5.56 Å². The van der Waals surface area contributed by atoms with Crippen LogP contribution in [0.2, 0.25) is 0 Å². The zero-order valence-electron chi connectivity index (χ0n) is 14.3. The maximum Gasteiger partial charge on any atom is 0.263 e. The van der Waals surface area contributed by atoms with Crippen molar-refractivity contribution in [3.05, 3.63) is 58.2 Å². The fraction of sp³-hybridized carbons (Fsp3) is 0.263. The minimum atomic E-state index is 0.0216. The molecule has 3 nitrogen and oxygen atoms in total. The highest BCUT2D eigenvalue weighted by molar-refractivity contribution is 8.02. The molecule has 25 heavy (non-hydrogen) atoms. The van der Waals surface area contributed by atoms with Crippen molar-refractivity contribution in [2.75, 3.05) is 17.8 Å². The lowest BCUT2D eigenvalue weighted by Crippen LogP contribution is -2.22. The van der Waals surface area contributed by atoms with Gasteiger partial charge in [-0.05, 0) is 18.7 Å². The predicted molar refractivity (Wildman–Crippen MR) is 113 cm³/mol. The molecule has 2 aromatic heterocycles. The number of thioether (sulfide) groups is 2. The molecule has 1 aromatic carbocycles. The van der Waals surface area contributed by atoms with Gasteiger partial charge in [0.15, 0.2) is 5.16 Å². The maximum atomic E-state index is 13.2. The van der Waals surface area contributed by atoms with Crippen molar-refractivity contribution in [3.63, 3.8) is 0 Å². The van der Waals surface area contributed by atoms with Gasteiger partial charge in [-0.2, -0.15) is 11.8 Å². The molecule has 0 N–H and O–H groups in total. The Morgan fingerprint density at radius 1 is 1.28 bits per heavy atom. The summed E-state index contributed by atoms with van der Waals surface area (Å²) in [5, 5.41) is 3.53. The minimum Gasteiger partial charge on any atom is -0.283 e. The first kappa shape index (κ1) is 18.3. The Labute approximate surface area is 160 Å². The molecule has 0 aliphatic carbocycles. The summed E-state index contributed by atoms with van der Waals surface area (Å²) in [4.78, 5) is 18.7. The summed E-state index contributed by atoms with van der Waals surface area (Å²) in [5.74, 6) is 1.97. The Balaban J connectivity index is 2.14. The lowest BCUT2D eigenvalue weighted by Gasteiger charge is -2.10. The second-order valence-corrected chi connectivity index (χ2v) is 8.54. The third-order valence-electron chi connectivity index (χ3n) is 3.85. The van der Waals surface area contributed by atoms with Gasteiger partial charge in [0.05, 0.1) is 5.39 Å². The SMILES string of the molecule is C=CCn1c(SCCSC)nc2scc(-c3ccc(C)cc3)c2c1=O. The van der Waals surface area contributed by atoms with Crippen LogP contribution in [0.3, 0.4) is 0 Å². The Kier molecular flexibility index (Phi) is 6.04. The Morgan fingerprint density at radius 3 is 2.72 bits per heavy atom. The molecule has 0 fully saturated rings. The van der Waals surface area contributed by atoms with E-state index in [0.29, 0.717) is 11.9 Å². The van der Waals surface area contributed by atoms with E-state index in [1.807, 2.05) is 5.38 Å². The molecule has 0 atom stereocenters. The summed E-state index contributed by atoms with van der Waals surface area (Å²) in [5.41, 5.74) is 3.26. The van der Waals surface area contributed by atoms with E-state index in [2.05, 4.69) is 44.0 Å². The smallest absolute Gasteiger partial charge is 0.263 e. The number of rotatable bonds is 7. The summed E-state index contributed by atoms with van der Waals surface area (Å²) in [6.07, 6.45) is 3.84. The van der Waals surface area contributed by atoms with Crippen LogP contribution >= 0.6 is 34.9 Å². The van der Waals surface area contributed by atoms with Crippen LogP contribution in [0.5, 0.6) is 0 Å². The number of thiophene rings is 1. The van der Waals surface area contributed by atoms with Gasteiger partial charge in [-0.1, -0.05) is 47.7 Å². The van der Waals surface area contributed by atoms with Crippen LogP contribution in [0.25, 0.3) is 21.3 Å². The van der Waals surface area contributed by atoms with E-state index in [0.717, 1.165) is 32.6 Å². The number of aryl methyl sites for hydroxylation is 1. The highest BCUT2D eigenvalue weighted by atomic mass is 32.2. The average molecular weight is 389 g/mol. The monoisotopic (exact) mass is 388 g/mol. The first-order valence-electron chi connectivity index (χ1n) is 7.97. The number of aromatic nitrogens is 2. The Hall–Kier alpha value is -1.50. The predicted octanol–water partition coefficient (Wildman–Crippen LogP) is 5.07. The standard InChI is InChI=1S/C19H20N2OS3/c1-4-9-21-18(22)16-15(14-7-5-13(2)6-8-14)12-25-17(16)20-19(21)24-11-10-23-3/h4-8,12H,1,9-11H2,2-3H3. The van der Waals surface area contributed by atoms with Crippen LogP contribution < -0.4 is 5.56 Å². The highest BCUT2D eigenvalue weighted by Crippen LogP contribution is 2.32. The van der Waals surface area contributed by atoms with Crippen molar-refractivity contribution in [1.82, 2.24) is 9.55 Å². The van der Waals surface area contributed by atoms with Crippen LogP contribution in [-0.2, 0) is 6.54 Å². The van der Waals surface area contributed by atoms with E-state index >= 15 is 0 Å². The van der Waals surface area contributed by atoms with Gasteiger partial charge in [-0.15, -0.1) is 17.9 Å². The lowest BCUT2D eigenvalue weighted by atomic mass is 10.1. The minimum absolute atomic E-state index is 0.0216. The van der Waals surface area contributed by atoms with Gasteiger partial charge in [-0.25, -0.2) is 4.98 Å². The van der Waals surface area contributed by atoms with Crippen LogP contribution in [0.4, 0.5) is 0 Å². The van der Waals surface area contributed by atoms with E-state index in [-0.39, 0.29) is 5.56 Å². The largest absolute Gasteiger partial charge is 0.283 e. The molecule has 3 aromatic rings. The number of nitrogens with zero attached hydrogens (tertiary/aromatic N) is 2. The van der Waals surface area contributed by atoms with E-state index in [1.165, 1.54) is 16.9 Å². The first-order valence-corrected chi connectivity index (χ1v) is 11.2. The van der Waals surface area contributed by atoms with Crippen molar-refractivity contribution >= 4 is 45.1 Å². The molecule has 0 amide bonds. The molecule has 130 valence electrons. The highest BCUT2D eigenvalue weighted by Gasteiger charge is 2.16. The van der Waals surface area contributed by atoms with Crippen LogP contribution in [0, 0.1) is 6.92 Å². The maximum absolute atomic E-state index is 13.2. The van der Waals surface area contributed by atoms with Gasteiger partial charge in [0.1, 0.15) is 4.83 Å². The van der Waals surface area contributed by atoms with Crippen molar-refractivity contribution < 1.29 is 0 Å². The van der Waals surface area contributed by atoms with Gasteiger partial charge in [0.2, 0.25) is 0 Å². The number of allylic oxidation sites excluding steroid dienone is 1. The molecule has 6 heteroatoms. The molecule has 2 heterocycles. The molecular weight excluding hydrogens is 368 g/mol. The molecule has 0 spiro atoms. The summed E-state index contributed by atoms with van der Waals surface area (Å²) < 4.78 is 1.74. The third-order valence-corrected chi connectivity index (χ3v) is 6.57. The van der Waals surface area contributed by atoms with E-state index < -0.39 is 0 Å². The topological polar surface area (TPSA) is 34.9 Å². The molecule has 0 saturated heterocycles. The van der Waals surface area contributed by atoms with Crippen molar-refractivity contribution in [3.8, 4) is 11.1 Å². The quantitative estimate of drug-likeness (QED) is 0.245. The van der Waals surface area contributed by atoms with Crippen LogP contribution in [0.15, 0.2) is 52.3 Å². The molecule has 0 saturated carbocycles. The van der Waals surface area contributed by atoms with E-state index in [9.17, 15) is 4.79 Å². The molecule has 0 unspecified atom stereocenters. The summed E-state index contributed by atoms with van der Waals surface area (Å²) in [7, 11) is 0. The molecule has 3 rings (SSSR count). The molecule has 0 bridgehead atoms. The molecular formula is C19H20N2OS3. The fourth-order valence-corrected chi connectivity index (χ4v) is 5.22. The zero-order chi connectivity index (χ0) is 17.8. The zero-order valence-corrected chi connectivity index (χ0v) is 16.8. The summed E-state index contributed by atoms with van der Waals surface area (Å²) in [6.45, 7) is 6.33. The number of hydrogen-bond donors (Lipinski definition) is 0. The number of fused-ring (bicyclic) bond motifs is 1. The van der Waals surface area contributed by atoms with Gasteiger partial charge in [0, 0.05) is 29.0 Å². The summed E-state index contributed by atoms with van der Waals surface area (Å²) >= 11 is 4.97. The number of hydrogen-bond acceptors (Lipinski definition) is 5. The first-order chi connectivity index (χ1) is 12.2. The lowest BCUT2D eigenvalue weighted by molar-refractivity contribution is 0.673. The van der Waals surface area contributed by atoms with Crippen molar-refractivity contribution in [2.45, 2.75) is 18.6 Å². The normalized spacial score (nSPS) is 11.1. The third kappa shape index (κ3) is 3.86. The van der Waals surface area contributed by atoms with E-state index in [4.69, 9.17) is 4.98 Å². The van der Waals surface area contributed by atoms with Gasteiger partial charge < -0.3 is 0 Å². The molecule has 0 radical (unpaired) electrons. The van der Waals surface area contributed by atoms with Gasteiger partial charge >= 0.3 is 0 Å². The average Bonchev–Trinajstić information content (AvgIpc) is 3.03. The van der Waals surface area contributed by atoms with Gasteiger partial charge in [-0.3, -0.25) is 9.36 Å². The molecule has 0 aliphatic rings.